The zero-order valence-electron chi connectivity index (χ0n) is 29.7. The molecule has 1 amide bonds. The molecule has 2 N–H and O–H groups in total. The van der Waals surface area contributed by atoms with E-state index in [4.69, 9.17) is 28.9 Å². The molecule has 10 heteroatoms. The minimum absolute atomic E-state index is 0.00500. The summed E-state index contributed by atoms with van der Waals surface area (Å²) in [5.74, 6) is 0.217. The molecule has 274 valence electrons. The van der Waals surface area contributed by atoms with Crippen molar-refractivity contribution in [2.45, 2.75) is 101 Å². The molecule has 3 aliphatic carbocycles. The quantitative estimate of drug-likeness (QED) is 0.105. The molecule has 50 heavy (non-hydrogen) atoms. The maximum absolute atomic E-state index is 13.9. The number of aliphatic hydroxyl groups excluding tert-OH is 2. The van der Waals surface area contributed by atoms with Crippen LogP contribution in [0.15, 0.2) is 60.3 Å². The van der Waals surface area contributed by atoms with Crippen LogP contribution in [0.25, 0.3) is 0 Å². The molecule has 0 bridgehead atoms. The number of carbonyl (C=O) groups is 1. The largest absolute Gasteiger partial charge is 0.490 e. The Morgan fingerprint density at radius 2 is 1.84 bits per heavy atom. The van der Waals surface area contributed by atoms with Gasteiger partial charge in [-0.1, -0.05) is 42.8 Å². The lowest BCUT2D eigenvalue weighted by molar-refractivity contribution is -0.256. The van der Waals surface area contributed by atoms with Crippen molar-refractivity contribution in [2.24, 2.45) is 28.8 Å². The Bertz CT molecular complexity index is 1400. The zero-order chi connectivity index (χ0) is 35.1. The fraction of sp³-hybridized carbons (Fsp3) is 0.650. The number of carbonyl (C=O) groups excluding carboxylic acids is 1. The molecule has 0 radical (unpaired) electrons. The summed E-state index contributed by atoms with van der Waals surface area (Å²) in [5, 5.41) is 24.4. The van der Waals surface area contributed by atoms with E-state index >= 15 is 0 Å². The molecular formula is C40H56N2O8. The number of nitrogens with zero attached hydrogens (tertiary/aromatic N) is 2. The molecule has 3 fully saturated rings. The second-order valence-corrected chi connectivity index (χ2v) is 14.5. The highest BCUT2D eigenvalue weighted by Crippen LogP contribution is 2.62. The number of benzene rings is 1. The minimum atomic E-state index is -1.23. The van der Waals surface area contributed by atoms with Gasteiger partial charge in [0.15, 0.2) is 0 Å². The molecule has 2 aliphatic heterocycles. The van der Waals surface area contributed by atoms with Gasteiger partial charge in [0.1, 0.15) is 24.1 Å². The monoisotopic (exact) mass is 692 g/mol. The summed E-state index contributed by atoms with van der Waals surface area (Å²) >= 11 is 0. The smallest absolute Gasteiger partial charge is 0.239 e. The van der Waals surface area contributed by atoms with Crippen LogP contribution in [0, 0.1) is 23.7 Å². The molecule has 0 spiro atoms. The molecule has 1 aromatic carbocycles. The highest BCUT2D eigenvalue weighted by molar-refractivity contribution is 6.03. The number of rotatable bonds is 18. The van der Waals surface area contributed by atoms with Crippen LogP contribution in [0.3, 0.4) is 0 Å². The van der Waals surface area contributed by atoms with Crippen LogP contribution in [0.5, 0.6) is 11.5 Å². The van der Waals surface area contributed by atoms with Gasteiger partial charge in [-0.15, -0.1) is 6.58 Å². The molecule has 7 atom stereocenters. The summed E-state index contributed by atoms with van der Waals surface area (Å²) in [6.07, 6.45) is 15.3. The Morgan fingerprint density at radius 1 is 1.06 bits per heavy atom. The van der Waals surface area contributed by atoms with Crippen LogP contribution >= 0.6 is 0 Å². The van der Waals surface area contributed by atoms with Gasteiger partial charge < -0.3 is 38.9 Å². The molecule has 10 nitrogen and oxygen atoms in total. The van der Waals surface area contributed by atoms with E-state index in [-0.39, 0.29) is 55.3 Å². The number of amides is 1. The van der Waals surface area contributed by atoms with Gasteiger partial charge >= 0.3 is 0 Å². The fourth-order valence-corrected chi connectivity index (χ4v) is 8.66. The summed E-state index contributed by atoms with van der Waals surface area (Å²) in [7, 11) is 1.88. The van der Waals surface area contributed by atoms with Crippen LogP contribution in [0.2, 0.25) is 0 Å². The van der Waals surface area contributed by atoms with Gasteiger partial charge in [-0.2, -0.15) is 0 Å². The van der Waals surface area contributed by atoms with Crippen molar-refractivity contribution >= 4 is 11.6 Å². The molecule has 6 rings (SSSR count). The van der Waals surface area contributed by atoms with Crippen molar-refractivity contribution in [3.8, 4) is 11.5 Å². The topological polar surface area (TPSA) is 119 Å². The van der Waals surface area contributed by atoms with Gasteiger partial charge in [0.2, 0.25) is 18.0 Å². The third-order valence-electron chi connectivity index (χ3n) is 11.2. The average Bonchev–Trinajstić information content (AvgIpc) is 3.99. The van der Waals surface area contributed by atoms with Gasteiger partial charge in [-0.05, 0) is 87.0 Å². The highest BCUT2D eigenvalue weighted by Gasteiger charge is 2.65. The lowest BCUT2D eigenvalue weighted by Gasteiger charge is -2.59. The third kappa shape index (κ3) is 7.69. The maximum Gasteiger partial charge on any atom is 0.239 e. The number of hydrogen-bond acceptors (Lipinski definition) is 9. The normalized spacial score (nSPS) is 30.7. The zero-order valence-corrected chi connectivity index (χ0v) is 29.7. The SMILES string of the molecule is C=CCOc1ccc2c(c1)[C@H]1[C@H](CCCCO)[C@@H](CCCCO)C=C3C(=NOC4CCCCO4)C[C@H](N(C)C(=O)C4CC4)[C@@](OCC=C)(O2)[C@H]31. The van der Waals surface area contributed by atoms with Crippen molar-refractivity contribution in [2.75, 3.05) is 40.1 Å². The van der Waals surface area contributed by atoms with Crippen molar-refractivity contribution in [1.82, 2.24) is 4.90 Å². The van der Waals surface area contributed by atoms with Crippen LogP contribution in [0.1, 0.15) is 88.5 Å². The predicted molar refractivity (Wildman–Crippen MR) is 191 cm³/mol. The van der Waals surface area contributed by atoms with Gasteiger partial charge in [-0.25, -0.2) is 0 Å². The standard InChI is InChI=1S/C40H56N2O8/c1-4-21-46-29-17-18-34-32(25-29)37-30(13-7-10-20-44)28(12-6-9-19-43)24-31-33(41-50-36-14-8-11-23-47-36)26-35(42(3)39(45)27-15-16-27)40(49-34,38(31)37)48-22-5-2/h4-5,17-18,24-25,27-28,30,35-38,43-44H,1-2,6-16,19-23,26H2,3H3/t28-,30+,35-,36?,37+,38+,40+/m0/s1. The fourth-order valence-electron chi connectivity index (χ4n) is 8.66. The first-order chi connectivity index (χ1) is 24.4. The maximum atomic E-state index is 13.9. The number of ether oxygens (including phenoxy) is 4. The lowest BCUT2D eigenvalue weighted by Crippen LogP contribution is -2.69. The third-order valence-corrected chi connectivity index (χ3v) is 11.2. The first-order valence-electron chi connectivity index (χ1n) is 18.8. The average molecular weight is 693 g/mol. The molecule has 1 unspecified atom stereocenters. The molecule has 0 aromatic heterocycles. The molecular weight excluding hydrogens is 636 g/mol. The lowest BCUT2D eigenvalue weighted by atomic mass is 9.55. The molecule has 5 aliphatic rings. The van der Waals surface area contributed by atoms with Crippen molar-refractivity contribution in [3.05, 3.63) is 60.7 Å². The first-order valence-corrected chi connectivity index (χ1v) is 18.8. The Kier molecular flexibility index (Phi) is 12.4. The summed E-state index contributed by atoms with van der Waals surface area (Å²) in [4.78, 5) is 21.9. The van der Waals surface area contributed by atoms with E-state index in [1.165, 1.54) is 0 Å². The summed E-state index contributed by atoms with van der Waals surface area (Å²) < 4.78 is 26.1. The van der Waals surface area contributed by atoms with E-state index in [0.717, 1.165) is 86.8 Å². The number of allylic oxidation sites excluding steroid dienone is 1. The highest BCUT2D eigenvalue weighted by atomic mass is 16.8. The van der Waals surface area contributed by atoms with Gasteiger partial charge in [0.25, 0.3) is 0 Å². The van der Waals surface area contributed by atoms with E-state index in [1.54, 1.807) is 12.2 Å². The van der Waals surface area contributed by atoms with Crippen LogP contribution in [0.4, 0.5) is 0 Å². The minimum Gasteiger partial charge on any atom is -0.490 e. The number of fused-ring (bicyclic) bond motifs is 2. The van der Waals surface area contributed by atoms with Crippen molar-refractivity contribution < 1.29 is 38.8 Å². The van der Waals surface area contributed by atoms with E-state index in [9.17, 15) is 15.0 Å². The van der Waals surface area contributed by atoms with Gasteiger partial charge in [-0.3, -0.25) is 4.79 Å². The van der Waals surface area contributed by atoms with Crippen LogP contribution < -0.4 is 9.47 Å². The second kappa shape index (κ2) is 16.9. The Labute approximate surface area is 297 Å². The summed E-state index contributed by atoms with van der Waals surface area (Å²) in [6.45, 7) is 9.37. The number of aliphatic hydroxyl groups is 2. The summed E-state index contributed by atoms with van der Waals surface area (Å²) in [6, 6.07) is 5.49. The van der Waals surface area contributed by atoms with E-state index in [2.05, 4.69) is 25.3 Å². The summed E-state index contributed by atoms with van der Waals surface area (Å²) in [5.41, 5.74) is 2.85. The van der Waals surface area contributed by atoms with Crippen molar-refractivity contribution in [1.29, 1.82) is 0 Å². The first kappa shape index (κ1) is 36.6. The Morgan fingerprint density at radius 3 is 2.54 bits per heavy atom. The molecule has 2 saturated carbocycles. The van der Waals surface area contributed by atoms with Gasteiger partial charge in [0, 0.05) is 50.5 Å². The van der Waals surface area contributed by atoms with Gasteiger partial charge in [0.05, 0.1) is 24.8 Å². The number of hydrogen-bond donors (Lipinski definition) is 2. The molecule has 1 saturated heterocycles. The Hall–Kier alpha value is -3.18. The second-order valence-electron chi connectivity index (χ2n) is 14.5. The van der Waals surface area contributed by atoms with Crippen LogP contribution in [-0.2, 0) is 19.1 Å². The number of unbranched alkanes of at least 4 members (excludes halogenated alkanes) is 2. The number of oxime groups is 1. The Balaban J connectivity index is 1.54. The van der Waals surface area contributed by atoms with E-state index in [0.29, 0.717) is 31.8 Å². The predicted octanol–water partition coefficient (Wildman–Crippen LogP) is 6.28. The molecule has 2 heterocycles. The van der Waals surface area contributed by atoms with E-state index in [1.807, 2.05) is 24.1 Å². The molecule has 1 aromatic rings. The number of likely N-dealkylation sites (N-methyl/N-ethyl adjacent to an activating group) is 1. The van der Waals surface area contributed by atoms with E-state index < -0.39 is 18.1 Å². The van der Waals surface area contributed by atoms with Crippen LogP contribution in [-0.4, -0.2) is 84.9 Å². The van der Waals surface area contributed by atoms with Crippen molar-refractivity contribution in [3.63, 3.8) is 0 Å².